The van der Waals surface area contributed by atoms with Crippen LogP contribution in [-0.4, -0.2) is 88.0 Å². The van der Waals surface area contributed by atoms with Crippen molar-refractivity contribution in [1.29, 1.82) is 0 Å². The third kappa shape index (κ3) is 10.4. The Morgan fingerprint density at radius 1 is 0.870 bits per heavy atom. The van der Waals surface area contributed by atoms with Crippen molar-refractivity contribution in [2.24, 2.45) is 11.5 Å². The molecule has 1 aliphatic rings. The number of piperidine rings is 1. The Labute approximate surface area is 270 Å². The van der Waals surface area contributed by atoms with Gasteiger partial charge < -0.3 is 37.4 Å². The minimum Gasteiger partial charge on any atom is -0.481 e. The fourth-order valence-electron chi connectivity index (χ4n) is 5.35. The van der Waals surface area contributed by atoms with Crippen molar-refractivity contribution in [1.82, 2.24) is 20.9 Å². The van der Waals surface area contributed by atoms with E-state index < -0.39 is 77.9 Å². The highest BCUT2D eigenvalue weighted by Gasteiger charge is 2.38. The molecule has 0 saturated carbocycles. The van der Waals surface area contributed by atoms with Gasteiger partial charge in [0.25, 0.3) is 0 Å². The summed E-state index contributed by atoms with van der Waals surface area (Å²) in [4.78, 5) is 88.8. The maximum Gasteiger partial charge on any atom is 0.303 e. The molecule has 6 amide bonds. The van der Waals surface area contributed by atoms with Crippen LogP contribution in [0.5, 0.6) is 0 Å². The minimum absolute atomic E-state index is 0.0113. The van der Waals surface area contributed by atoms with Gasteiger partial charge in [0.05, 0.1) is 0 Å². The number of primary amides is 2. The summed E-state index contributed by atoms with van der Waals surface area (Å²) in [5.74, 6) is -5.89. The fraction of sp³-hybridized carbons (Fsp3) is 0.452. The average molecular weight is 659 g/mol. The number of nitrogens with one attached hydrogen (secondary N) is 3. The van der Waals surface area contributed by atoms with Gasteiger partial charge in [0.15, 0.2) is 0 Å². The molecule has 0 aliphatic carbocycles. The molecule has 3 rings (SSSR count). The number of benzene rings is 2. The number of hydrogen-bond donors (Lipinski definition) is 6. The smallest absolute Gasteiger partial charge is 0.303 e. The predicted molar refractivity (Wildman–Crippen MR) is 168 cm³/mol. The number of hydrogen-bond acceptors (Lipinski definition) is 7. The molecule has 46 heavy (non-hydrogen) atoms. The van der Waals surface area contributed by atoms with E-state index in [0.717, 1.165) is 10.8 Å². The van der Waals surface area contributed by atoms with Crippen molar-refractivity contribution in [2.45, 2.75) is 75.5 Å². The Kier molecular flexibility index (Phi) is 13.3. The Morgan fingerprint density at radius 3 is 2.22 bits per heavy atom. The first-order valence-electron chi connectivity index (χ1n) is 14.9. The monoisotopic (exact) mass is 658 g/mol. The van der Waals surface area contributed by atoms with E-state index in [9.17, 15) is 33.6 Å². The van der Waals surface area contributed by atoms with E-state index in [2.05, 4.69) is 16.0 Å². The van der Waals surface area contributed by atoms with E-state index in [-0.39, 0.29) is 38.6 Å². The molecule has 0 bridgehead atoms. The van der Waals surface area contributed by atoms with Crippen LogP contribution in [0.4, 0.5) is 0 Å². The molecule has 1 heterocycles. The lowest BCUT2D eigenvalue weighted by Gasteiger charge is -2.37. The van der Waals surface area contributed by atoms with Gasteiger partial charge in [0.2, 0.25) is 35.4 Å². The first-order valence-corrected chi connectivity index (χ1v) is 15.5. The fourth-order valence-corrected chi connectivity index (χ4v) is 5.43. The number of fused-ring (bicyclic) bond motifs is 1. The summed E-state index contributed by atoms with van der Waals surface area (Å²) in [6.45, 7) is 0.162. The third-order valence-electron chi connectivity index (χ3n) is 7.72. The van der Waals surface area contributed by atoms with Crippen LogP contribution in [0.25, 0.3) is 10.8 Å². The van der Waals surface area contributed by atoms with Gasteiger partial charge in [-0.3, -0.25) is 33.6 Å². The lowest BCUT2D eigenvalue weighted by atomic mass is 9.97. The van der Waals surface area contributed by atoms with Crippen LogP contribution in [0, 0.1) is 0 Å². The molecule has 14 nitrogen and oxygen atoms in total. The molecule has 0 aromatic heterocycles. The Bertz CT molecular complexity index is 1470. The van der Waals surface area contributed by atoms with Crippen LogP contribution < -0.4 is 27.4 Å². The second-order valence-corrected chi connectivity index (χ2v) is 11.4. The summed E-state index contributed by atoms with van der Waals surface area (Å²) in [6.07, 6.45) is 0.446. The summed E-state index contributed by atoms with van der Waals surface area (Å²) in [5.41, 5.74) is 11.4. The summed E-state index contributed by atoms with van der Waals surface area (Å²) < 4.78 is 0. The lowest BCUT2D eigenvalue weighted by Crippen LogP contribution is -2.60. The van der Waals surface area contributed by atoms with Gasteiger partial charge in [-0.05, 0) is 48.4 Å². The molecule has 2 aromatic carbocycles. The number of likely N-dealkylation sites (tertiary alicyclic amines) is 1. The number of nitrogens with zero attached hydrogens (tertiary/aromatic N) is 1. The largest absolute Gasteiger partial charge is 0.481 e. The number of alkyl halides is 1. The molecule has 15 heteroatoms. The molecule has 1 aliphatic heterocycles. The highest BCUT2D eigenvalue weighted by molar-refractivity contribution is 6.27. The maximum atomic E-state index is 13.8. The van der Waals surface area contributed by atoms with Crippen LogP contribution >= 0.6 is 11.6 Å². The zero-order chi connectivity index (χ0) is 33.8. The quantitative estimate of drug-likeness (QED) is 0.135. The second kappa shape index (κ2) is 17.1. The zero-order valence-electron chi connectivity index (χ0n) is 25.2. The SMILES string of the molecule is NC(=O)CC[C@H](NC(=O)[C@H](Cc1ccc2ccccc2c1)NC(=O)[C@@H]1CCCCN1C(=O)[C@H](CCC(=O)O)NC(=O)CCl)C(N)=O. The van der Waals surface area contributed by atoms with E-state index in [4.69, 9.17) is 28.2 Å². The number of carboxylic acid groups (broad SMARTS) is 1. The first-order chi connectivity index (χ1) is 21.9. The Morgan fingerprint density at radius 2 is 1.57 bits per heavy atom. The third-order valence-corrected chi connectivity index (χ3v) is 7.96. The van der Waals surface area contributed by atoms with Gasteiger partial charge in [-0.1, -0.05) is 42.5 Å². The topological polar surface area (TPSA) is 231 Å². The van der Waals surface area contributed by atoms with E-state index in [1.165, 1.54) is 4.90 Å². The normalized spacial score (nSPS) is 16.5. The molecule has 2 aromatic rings. The van der Waals surface area contributed by atoms with Gasteiger partial charge in [-0.2, -0.15) is 0 Å². The number of halogens is 1. The van der Waals surface area contributed by atoms with Crippen molar-refractivity contribution in [3.8, 4) is 0 Å². The van der Waals surface area contributed by atoms with Crippen LogP contribution in [0.2, 0.25) is 0 Å². The summed E-state index contributed by atoms with van der Waals surface area (Å²) in [6, 6.07) is 8.40. The average Bonchev–Trinajstić information content (AvgIpc) is 3.03. The van der Waals surface area contributed by atoms with Crippen molar-refractivity contribution in [2.75, 3.05) is 12.4 Å². The highest BCUT2D eigenvalue weighted by Crippen LogP contribution is 2.21. The highest BCUT2D eigenvalue weighted by atomic mass is 35.5. The summed E-state index contributed by atoms with van der Waals surface area (Å²) in [5, 5.41) is 18.7. The second-order valence-electron chi connectivity index (χ2n) is 11.1. The van der Waals surface area contributed by atoms with Crippen molar-refractivity contribution < 1.29 is 38.7 Å². The van der Waals surface area contributed by atoms with Crippen LogP contribution in [0.15, 0.2) is 42.5 Å². The van der Waals surface area contributed by atoms with Crippen LogP contribution in [0.1, 0.15) is 50.5 Å². The number of aliphatic carboxylic acids is 1. The Balaban J connectivity index is 1.88. The first kappa shape index (κ1) is 35.8. The number of amides is 6. The molecule has 1 fully saturated rings. The van der Waals surface area contributed by atoms with E-state index in [1.807, 2.05) is 36.4 Å². The number of carboxylic acids is 1. The summed E-state index contributed by atoms with van der Waals surface area (Å²) in [7, 11) is 0. The van der Waals surface area contributed by atoms with E-state index in [1.54, 1.807) is 6.07 Å². The van der Waals surface area contributed by atoms with Crippen LogP contribution in [0.3, 0.4) is 0 Å². The van der Waals surface area contributed by atoms with Gasteiger partial charge in [-0.15, -0.1) is 11.6 Å². The van der Waals surface area contributed by atoms with Gasteiger partial charge in [-0.25, -0.2) is 0 Å². The number of carbonyl (C=O) groups is 7. The number of rotatable bonds is 16. The lowest BCUT2D eigenvalue weighted by molar-refractivity contribution is -0.146. The van der Waals surface area contributed by atoms with Crippen LogP contribution in [-0.2, 0) is 40.0 Å². The molecule has 0 spiro atoms. The van der Waals surface area contributed by atoms with Crippen molar-refractivity contribution in [3.63, 3.8) is 0 Å². The number of carbonyl (C=O) groups excluding carboxylic acids is 6. The standard InChI is InChI=1S/C31H39ClN6O8/c32-17-26(40)35-22(11-13-27(41)42)31(46)38-14-4-3-7-24(38)30(45)37-23(29(44)36-21(28(34)43)10-12-25(33)39)16-18-8-9-19-5-1-2-6-20(19)15-18/h1-2,5-6,8-9,15,21-24H,3-4,7,10-14,16-17H2,(H2,33,39)(H2,34,43)(H,35,40)(H,36,44)(H,37,45)(H,41,42)/t21-,22-,23-,24-/m0/s1. The molecule has 1 saturated heterocycles. The molecule has 0 unspecified atom stereocenters. The Hall–Kier alpha value is -4.72. The maximum absolute atomic E-state index is 13.8. The minimum atomic E-state index is -1.23. The molecular weight excluding hydrogens is 620 g/mol. The summed E-state index contributed by atoms with van der Waals surface area (Å²) >= 11 is 5.60. The van der Waals surface area contributed by atoms with Crippen molar-refractivity contribution in [3.05, 3.63) is 48.0 Å². The predicted octanol–water partition coefficient (Wildman–Crippen LogP) is 0.0722. The van der Waals surface area contributed by atoms with E-state index in [0.29, 0.717) is 18.4 Å². The van der Waals surface area contributed by atoms with Crippen molar-refractivity contribution >= 4 is 63.8 Å². The molecule has 4 atom stereocenters. The molecule has 0 radical (unpaired) electrons. The van der Waals surface area contributed by atoms with Gasteiger partial charge in [0.1, 0.15) is 30.0 Å². The zero-order valence-corrected chi connectivity index (χ0v) is 26.0. The van der Waals surface area contributed by atoms with E-state index >= 15 is 0 Å². The van der Waals surface area contributed by atoms with Gasteiger partial charge >= 0.3 is 5.97 Å². The van der Waals surface area contributed by atoms with Gasteiger partial charge in [0, 0.05) is 25.8 Å². The molecular formula is C31H39ClN6O8. The number of nitrogens with two attached hydrogens (primary N) is 2. The molecule has 8 N–H and O–H groups in total. The molecule has 248 valence electrons.